The maximum absolute atomic E-state index is 12.6. The van der Waals surface area contributed by atoms with E-state index < -0.39 is 0 Å². The summed E-state index contributed by atoms with van der Waals surface area (Å²) in [5.74, 6) is -0.0443. The predicted molar refractivity (Wildman–Crippen MR) is 78.9 cm³/mol. The SMILES string of the molecule is CNc1ccc(C(=O)N2CC(C)(C)OC(C)(C)C2)nc1. The molecule has 5 nitrogen and oxygen atoms in total. The first-order valence-electron chi connectivity index (χ1n) is 6.86. The van der Waals surface area contributed by atoms with Gasteiger partial charge in [0.05, 0.1) is 23.1 Å². The van der Waals surface area contributed by atoms with Crippen molar-refractivity contribution in [3.8, 4) is 0 Å². The lowest BCUT2D eigenvalue weighted by Crippen LogP contribution is -2.58. The Balaban J connectivity index is 2.19. The number of pyridine rings is 1. The summed E-state index contributed by atoms with van der Waals surface area (Å²) in [6, 6.07) is 3.61. The minimum absolute atomic E-state index is 0.0443. The third kappa shape index (κ3) is 3.28. The molecule has 0 aliphatic carbocycles. The first kappa shape index (κ1) is 14.8. The first-order valence-corrected chi connectivity index (χ1v) is 6.86. The Morgan fingerprint density at radius 1 is 1.25 bits per heavy atom. The molecule has 1 saturated heterocycles. The van der Waals surface area contributed by atoms with Gasteiger partial charge in [-0.15, -0.1) is 0 Å². The van der Waals surface area contributed by atoms with E-state index in [4.69, 9.17) is 4.74 Å². The molecule has 2 heterocycles. The molecule has 2 rings (SSSR count). The van der Waals surface area contributed by atoms with Gasteiger partial charge in [0.15, 0.2) is 0 Å². The molecule has 1 aromatic heterocycles. The lowest BCUT2D eigenvalue weighted by Gasteiger charge is -2.47. The van der Waals surface area contributed by atoms with Gasteiger partial charge in [-0.05, 0) is 39.8 Å². The van der Waals surface area contributed by atoms with Crippen LogP contribution in [0.2, 0.25) is 0 Å². The van der Waals surface area contributed by atoms with E-state index in [1.54, 1.807) is 12.3 Å². The van der Waals surface area contributed by atoms with Crippen molar-refractivity contribution in [2.75, 3.05) is 25.5 Å². The number of anilines is 1. The van der Waals surface area contributed by atoms with Gasteiger partial charge in [-0.1, -0.05) is 0 Å². The summed E-state index contributed by atoms with van der Waals surface area (Å²) in [7, 11) is 1.82. The Morgan fingerprint density at radius 3 is 2.30 bits per heavy atom. The third-order valence-electron chi connectivity index (χ3n) is 3.25. The highest BCUT2D eigenvalue weighted by molar-refractivity contribution is 5.92. The topological polar surface area (TPSA) is 54.5 Å². The molecule has 0 atom stereocenters. The second-order valence-corrected chi connectivity index (χ2v) is 6.46. The van der Waals surface area contributed by atoms with E-state index in [0.29, 0.717) is 18.8 Å². The lowest BCUT2D eigenvalue weighted by molar-refractivity contribution is -0.171. The summed E-state index contributed by atoms with van der Waals surface area (Å²) in [4.78, 5) is 18.6. The Morgan fingerprint density at radius 2 is 1.85 bits per heavy atom. The van der Waals surface area contributed by atoms with Gasteiger partial charge in [-0.2, -0.15) is 0 Å². The highest BCUT2D eigenvalue weighted by Gasteiger charge is 2.40. The van der Waals surface area contributed by atoms with E-state index in [1.165, 1.54) is 0 Å². The number of morpholine rings is 1. The van der Waals surface area contributed by atoms with E-state index in [2.05, 4.69) is 10.3 Å². The molecule has 0 bridgehead atoms. The van der Waals surface area contributed by atoms with Gasteiger partial charge in [0.25, 0.3) is 5.91 Å². The zero-order chi connectivity index (χ0) is 15.0. The molecule has 1 fully saturated rings. The van der Waals surface area contributed by atoms with Crippen LogP contribution in [0.1, 0.15) is 38.2 Å². The summed E-state index contributed by atoms with van der Waals surface area (Å²) < 4.78 is 5.99. The average molecular weight is 277 g/mol. The van der Waals surface area contributed by atoms with E-state index >= 15 is 0 Å². The highest BCUT2D eigenvalue weighted by atomic mass is 16.5. The van der Waals surface area contributed by atoms with Crippen LogP contribution in [-0.4, -0.2) is 47.1 Å². The molecule has 1 aromatic rings. The zero-order valence-corrected chi connectivity index (χ0v) is 12.9. The number of carbonyl (C=O) groups is 1. The van der Waals surface area contributed by atoms with Crippen LogP contribution in [0.5, 0.6) is 0 Å². The molecule has 1 aliphatic heterocycles. The second kappa shape index (κ2) is 5.05. The summed E-state index contributed by atoms with van der Waals surface area (Å²) in [5, 5.41) is 2.99. The van der Waals surface area contributed by atoms with Crippen LogP contribution in [0.3, 0.4) is 0 Å². The standard InChI is InChI=1S/C15H23N3O2/c1-14(2)9-18(10-15(3,4)20-14)13(19)12-7-6-11(16-5)8-17-12/h6-8,16H,9-10H2,1-5H3. The number of hydrogen-bond donors (Lipinski definition) is 1. The largest absolute Gasteiger partial charge is 0.387 e. The van der Waals surface area contributed by atoms with Gasteiger partial charge < -0.3 is 15.0 Å². The molecule has 0 unspecified atom stereocenters. The van der Waals surface area contributed by atoms with Crippen LogP contribution in [0, 0.1) is 0 Å². The first-order chi connectivity index (χ1) is 9.22. The second-order valence-electron chi connectivity index (χ2n) is 6.46. The molecule has 0 radical (unpaired) electrons. The Kier molecular flexibility index (Phi) is 3.73. The van der Waals surface area contributed by atoms with Crippen LogP contribution in [0.25, 0.3) is 0 Å². The van der Waals surface area contributed by atoms with Crippen molar-refractivity contribution in [1.82, 2.24) is 9.88 Å². The molecule has 0 aromatic carbocycles. The van der Waals surface area contributed by atoms with Gasteiger partial charge in [-0.3, -0.25) is 4.79 Å². The zero-order valence-electron chi connectivity index (χ0n) is 12.9. The molecule has 110 valence electrons. The van der Waals surface area contributed by atoms with Crippen molar-refractivity contribution in [2.45, 2.75) is 38.9 Å². The summed E-state index contributed by atoms with van der Waals surface area (Å²) in [5.41, 5.74) is 0.673. The van der Waals surface area contributed by atoms with Crippen LogP contribution in [0.15, 0.2) is 18.3 Å². The molecule has 0 saturated carbocycles. The number of hydrogen-bond acceptors (Lipinski definition) is 4. The quantitative estimate of drug-likeness (QED) is 0.900. The maximum Gasteiger partial charge on any atom is 0.272 e. The number of nitrogens with one attached hydrogen (secondary N) is 1. The molecule has 1 aliphatic rings. The number of ether oxygens (including phenoxy) is 1. The van der Waals surface area contributed by atoms with E-state index in [9.17, 15) is 4.79 Å². The molecule has 0 spiro atoms. The molecule has 20 heavy (non-hydrogen) atoms. The predicted octanol–water partition coefficient (Wildman–Crippen LogP) is 2.15. The van der Waals surface area contributed by atoms with Gasteiger partial charge in [0, 0.05) is 20.1 Å². The maximum atomic E-state index is 12.6. The number of aromatic nitrogens is 1. The van der Waals surface area contributed by atoms with Crippen molar-refractivity contribution < 1.29 is 9.53 Å². The molecular formula is C15H23N3O2. The van der Waals surface area contributed by atoms with Crippen LogP contribution >= 0.6 is 0 Å². The van der Waals surface area contributed by atoms with Crippen molar-refractivity contribution in [3.05, 3.63) is 24.0 Å². The Bertz CT molecular complexity index is 478. The van der Waals surface area contributed by atoms with E-state index in [-0.39, 0.29) is 17.1 Å². The third-order valence-corrected chi connectivity index (χ3v) is 3.25. The van der Waals surface area contributed by atoms with Crippen molar-refractivity contribution in [2.24, 2.45) is 0 Å². The fourth-order valence-corrected chi connectivity index (χ4v) is 2.76. The Hall–Kier alpha value is -1.62. The van der Waals surface area contributed by atoms with Crippen LogP contribution in [-0.2, 0) is 4.74 Å². The monoisotopic (exact) mass is 277 g/mol. The summed E-state index contributed by atoms with van der Waals surface area (Å²) >= 11 is 0. The van der Waals surface area contributed by atoms with Gasteiger partial charge in [-0.25, -0.2) is 4.98 Å². The molecular weight excluding hydrogens is 254 g/mol. The number of nitrogens with zero attached hydrogens (tertiary/aromatic N) is 2. The minimum Gasteiger partial charge on any atom is -0.387 e. The van der Waals surface area contributed by atoms with E-state index in [1.807, 2.05) is 45.7 Å². The average Bonchev–Trinajstić information content (AvgIpc) is 2.34. The normalized spacial score (nSPS) is 20.6. The fraction of sp³-hybridized carbons (Fsp3) is 0.600. The van der Waals surface area contributed by atoms with Gasteiger partial charge in [0.2, 0.25) is 0 Å². The lowest BCUT2D eigenvalue weighted by atomic mass is 9.98. The van der Waals surface area contributed by atoms with Crippen LogP contribution < -0.4 is 5.32 Å². The fourth-order valence-electron chi connectivity index (χ4n) is 2.76. The smallest absolute Gasteiger partial charge is 0.272 e. The Labute approximate surface area is 120 Å². The van der Waals surface area contributed by atoms with Gasteiger partial charge >= 0.3 is 0 Å². The number of amides is 1. The van der Waals surface area contributed by atoms with Gasteiger partial charge in [0.1, 0.15) is 5.69 Å². The van der Waals surface area contributed by atoms with Crippen molar-refractivity contribution in [1.29, 1.82) is 0 Å². The molecule has 1 N–H and O–H groups in total. The molecule has 1 amide bonds. The molecule has 5 heteroatoms. The summed E-state index contributed by atoms with van der Waals surface area (Å²) in [6.07, 6.45) is 1.67. The number of carbonyl (C=O) groups excluding carboxylic acids is 1. The van der Waals surface area contributed by atoms with Crippen LogP contribution in [0.4, 0.5) is 5.69 Å². The summed E-state index contributed by atoms with van der Waals surface area (Å²) in [6.45, 7) is 9.17. The number of rotatable bonds is 2. The van der Waals surface area contributed by atoms with E-state index in [0.717, 1.165) is 5.69 Å². The van der Waals surface area contributed by atoms with Crippen molar-refractivity contribution in [3.63, 3.8) is 0 Å². The minimum atomic E-state index is -0.345. The highest BCUT2D eigenvalue weighted by Crippen LogP contribution is 2.28. The van der Waals surface area contributed by atoms with Crippen molar-refractivity contribution >= 4 is 11.6 Å².